The number of aromatic nitrogens is 2. The van der Waals surface area contributed by atoms with E-state index in [4.69, 9.17) is 11.6 Å². The molecule has 0 fully saturated rings. The molecule has 0 unspecified atom stereocenters. The third-order valence-electron chi connectivity index (χ3n) is 4.45. The number of amides is 1. The second kappa shape index (κ2) is 5.80. The van der Waals surface area contributed by atoms with Gasteiger partial charge in [-0.15, -0.1) is 0 Å². The molecular weight excluding hydrogens is 322 g/mol. The summed E-state index contributed by atoms with van der Waals surface area (Å²) in [6, 6.07) is 13.6. The molecule has 0 saturated heterocycles. The molecule has 1 aliphatic rings. The summed E-state index contributed by atoms with van der Waals surface area (Å²) in [6.07, 6.45) is 1.73. The van der Waals surface area contributed by atoms with Gasteiger partial charge in [-0.2, -0.15) is 5.10 Å². The normalized spacial score (nSPS) is 12.4. The number of hydrogen-bond acceptors (Lipinski definition) is 2. The quantitative estimate of drug-likeness (QED) is 0.728. The molecule has 0 aliphatic heterocycles. The second-order valence-corrected chi connectivity index (χ2v) is 6.43. The minimum atomic E-state index is -0.173. The minimum absolute atomic E-state index is 0.173. The molecule has 4 rings (SSSR count). The number of hydrogen-bond donors (Lipinski definition) is 2. The number of nitrogens with one attached hydrogen (secondary N) is 2. The highest BCUT2D eigenvalue weighted by Crippen LogP contribution is 2.33. The first-order valence-electron chi connectivity index (χ1n) is 7.86. The van der Waals surface area contributed by atoms with Crippen molar-refractivity contribution >= 4 is 23.2 Å². The van der Waals surface area contributed by atoms with Gasteiger partial charge >= 0.3 is 0 Å². The van der Waals surface area contributed by atoms with Crippen LogP contribution in [0.3, 0.4) is 0 Å². The van der Waals surface area contributed by atoms with E-state index >= 15 is 0 Å². The summed E-state index contributed by atoms with van der Waals surface area (Å²) in [5.74, 6) is -0.173. The zero-order valence-corrected chi connectivity index (χ0v) is 13.9. The molecule has 2 aromatic carbocycles. The Morgan fingerprint density at radius 1 is 1.21 bits per heavy atom. The summed E-state index contributed by atoms with van der Waals surface area (Å²) >= 11 is 5.97. The van der Waals surface area contributed by atoms with E-state index in [-0.39, 0.29) is 5.91 Å². The molecule has 5 heteroatoms. The molecule has 1 aliphatic carbocycles. The van der Waals surface area contributed by atoms with Gasteiger partial charge in [0.1, 0.15) is 5.69 Å². The summed E-state index contributed by atoms with van der Waals surface area (Å²) in [7, 11) is 0. The fourth-order valence-electron chi connectivity index (χ4n) is 3.20. The standard InChI is InChI=1S/C19H16ClN3O/c1-11-10-13(20)7-9-16(11)21-19(24)18-15-8-6-12-4-2-3-5-14(12)17(15)22-23-18/h2-5,7,9-10H,6,8H2,1H3,(H,21,24)(H,22,23). The number of benzene rings is 2. The molecule has 0 bridgehead atoms. The van der Waals surface area contributed by atoms with Crippen molar-refractivity contribution < 1.29 is 4.79 Å². The van der Waals surface area contributed by atoms with Gasteiger partial charge in [-0.25, -0.2) is 0 Å². The number of aromatic amines is 1. The molecule has 0 spiro atoms. The largest absolute Gasteiger partial charge is 0.320 e. The van der Waals surface area contributed by atoms with Crippen molar-refractivity contribution in [2.45, 2.75) is 19.8 Å². The molecule has 1 heterocycles. The first-order valence-corrected chi connectivity index (χ1v) is 8.24. The van der Waals surface area contributed by atoms with Crippen LogP contribution >= 0.6 is 11.6 Å². The van der Waals surface area contributed by atoms with E-state index in [1.54, 1.807) is 6.07 Å². The molecule has 24 heavy (non-hydrogen) atoms. The second-order valence-electron chi connectivity index (χ2n) is 6.00. The van der Waals surface area contributed by atoms with Gasteiger partial charge in [0, 0.05) is 21.8 Å². The molecule has 2 N–H and O–H groups in total. The van der Waals surface area contributed by atoms with Crippen LogP contribution in [0, 0.1) is 6.92 Å². The third-order valence-corrected chi connectivity index (χ3v) is 4.68. The van der Waals surface area contributed by atoms with Gasteiger partial charge in [0.25, 0.3) is 5.91 Å². The molecular formula is C19H16ClN3O. The number of carbonyl (C=O) groups excluding carboxylic acids is 1. The van der Waals surface area contributed by atoms with Crippen LogP contribution in [0.4, 0.5) is 5.69 Å². The van der Waals surface area contributed by atoms with Crippen LogP contribution in [0.5, 0.6) is 0 Å². The number of rotatable bonds is 2. The van der Waals surface area contributed by atoms with Gasteiger partial charge < -0.3 is 5.32 Å². The fraction of sp³-hybridized carbons (Fsp3) is 0.158. The van der Waals surface area contributed by atoms with Crippen molar-refractivity contribution in [1.29, 1.82) is 0 Å². The van der Waals surface area contributed by atoms with Crippen LogP contribution in [-0.2, 0) is 12.8 Å². The van der Waals surface area contributed by atoms with Crippen molar-refractivity contribution in [2.24, 2.45) is 0 Å². The Morgan fingerprint density at radius 3 is 2.88 bits per heavy atom. The lowest BCUT2D eigenvalue weighted by Gasteiger charge is -2.15. The van der Waals surface area contributed by atoms with Gasteiger partial charge in [-0.3, -0.25) is 9.89 Å². The van der Waals surface area contributed by atoms with Crippen LogP contribution in [-0.4, -0.2) is 16.1 Å². The molecule has 4 nitrogen and oxygen atoms in total. The summed E-state index contributed by atoms with van der Waals surface area (Å²) in [6.45, 7) is 1.92. The number of anilines is 1. The molecule has 120 valence electrons. The Morgan fingerprint density at radius 2 is 2.04 bits per heavy atom. The third kappa shape index (κ3) is 2.49. The topological polar surface area (TPSA) is 57.8 Å². The highest BCUT2D eigenvalue weighted by atomic mass is 35.5. The lowest BCUT2D eigenvalue weighted by atomic mass is 9.89. The average molecular weight is 338 g/mol. The molecule has 0 radical (unpaired) electrons. The number of H-pyrrole nitrogens is 1. The van der Waals surface area contributed by atoms with E-state index in [1.807, 2.05) is 31.2 Å². The number of halogens is 1. The van der Waals surface area contributed by atoms with Crippen LogP contribution in [0.2, 0.25) is 5.02 Å². The van der Waals surface area contributed by atoms with Gasteiger partial charge in [0.15, 0.2) is 0 Å². The number of aryl methyl sites for hydroxylation is 2. The Bertz CT molecular complexity index is 946. The summed E-state index contributed by atoms with van der Waals surface area (Å²) in [4.78, 5) is 12.7. The van der Waals surface area contributed by atoms with E-state index in [9.17, 15) is 4.79 Å². The summed E-state index contributed by atoms with van der Waals surface area (Å²) in [5, 5.41) is 10.9. The first-order chi connectivity index (χ1) is 11.6. The van der Waals surface area contributed by atoms with Gasteiger partial charge in [0.05, 0.1) is 5.69 Å². The van der Waals surface area contributed by atoms with Gasteiger partial charge in [0.2, 0.25) is 0 Å². The summed E-state index contributed by atoms with van der Waals surface area (Å²) < 4.78 is 0. The maximum Gasteiger partial charge on any atom is 0.273 e. The van der Waals surface area contributed by atoms with E-state index in [1.165, 1.54) is 5.56 Å². The van der Waals surface area contributed by atoms with E-state index in [0.717, 1.165) is 40.9 Å². The predicted octanol–water partition coefficient (Wildman–Crippen LogP) is 4.39. The van der Waals surface area contributed by atoms with Crippen LogP contribution in [0.25, 0.3) is 11.3 Å². The van der Waals surface area contributed by atoms with Gasteiger partial charge in [-0.1, -0.05) is 35.9 Å². The first kappa shape index (κ1) is 15.0. The van der Waals surface area contributed by atoms with Crippen molar-refractivity contribution in [2.75, 3.05) is 5.32 Å². The van der Waals surface area contributed by atoms with Crippen molar-refractivity contribution in [3.8, 4) is 11.3 Å². The average Bonchev–Trinajstić information content (AvgIpc) is 3.02. The smallest absolute Gasteiger partial charge is 0.273 e. The van der Waals surface area contributed by atoms with E-state index in [2.05, 4.69) is 27.6 Å². The highest BCUT2D eigenvalue weighted by molar-refractivity contribution is 6.30. The van der Waals surface area contributed by atoms with Crippen molar-refractivity contribution in [1.82, 2.24) is 10.2 Å². The Balaban J connectivity index is 1.67. The zero-order valence-electron chi connectivity index (χ0n) is 13.2. The Kier molecular flexibility index (Phi) is 3.62. The Labute approximate surface area is 144 Å². The lowest BCUT2D eigenvalue weighted by molar-refractivity contribution is 0.102. The van der Waals surface area contributed by atoms with Crippen molar-refractivity contribution in [3.05, 3.63) is 69.9 Å². The summed E-state index contributed by atoms with van der Waals surface area (Å²) in [5.41, 5.74) is 6.47. The SMILES string of the molecule is Cc1cc(Cl)ccc1NC(=O)c1[nH]nc2c1CCc1ccccc1-2. The van der Waals surface area contributed by atoms with Crippen LogP contribution in [0.1, 0.15) is 27.2 Å². The van der Waals surface area contributed by atoms with E-state index in [0.29, 0.717) is 10.7 Å². The zero-order chi connectivity index (χ0) is 16.7. The minimum Gasteiger partial charge on any atom is -0.320 e. The number of nitrogens with zero attached hydrogens (tertiary/aromatic N) is 1. The maximum atomic E-state index is 12.7. The molecule has 1 amide bonds. The molecule has 0 saturated carbocycles. The predicted molar refractivity (Wildman–Crippen MR) is 95.6 cm³/mol. The van der Waals surface area contributed by atoms with Crippen molar-refractivity contribution in [3.63, 3.8) is 0 Å². The van der Waals surface area contributed by atoms with E-state index < -0.39 is 0 Å². The fourth-order valence-corrected chi connectivity index (χ4v) is 3.43. The molecule has 3 aromatic rings. The highest BCUT2D eigenvalue weighted by Gasteiger charge is 2.25. The lowest BCUT2D eigenvalue weighted by Crippen LogP contribution is -2.16. The maximum absolute atomic E-state index is 12.7. The van der Waals surface area contributed by atoms with Crippen LogP contribution in [0.15, 0.2) is 42.5 Å². The number of carbonyl (C=O) groups is 1. The van der Waals surface area contributed by atoms with Gasteiger partial charge in [-0.05, 0) is 49.1 Å². The number of fused-ring (bicyclic) bond motifs is 3. The molecule has 0 atom stereocenters. The molecule has 1 aromatic heterocycles. The monoisotopic (exact) mass is 337 g/mol. The van der Waals surface area contributed by atoms with Crippen LogP contribution < -0.4 is 5.32 Å². The Hall–Kier alpha value is -2.59.